The predicted octanol–water partition coefficient (Wildman–Crippen LogP) is 2.86. The summed E-state index contributed by atoms with van der Waals surface area (Å²) in [5, 5.41) is 21.3. The second-order valence-corrected chi connectivity index (χ2v) is 6.63. The average molecular weight is 433 g/mol. The molecule has 3 rings (SSSR count). The van der Waals surface area contributed by atoms with Crippen LogP contribution in [-0.2, 0) is 9.47 Å². The summed E-state index contributed by atoms with van der Waals surface area (Å²) >= 11 is 0. The van der Waals surface area contributed by atoms with Crippen molar-refractivity contribution in [3.63, 3.8) is 0 Å². The zero-order valence-electron chi connectivity index (χ0n) is 17.3. The zero-order chi connectivity index (χ0) is 22.1. The second kappa shape index (κ2) is 11.4. The van der Waals surface area contributed by atoms with Gasteiger partial charge in [-0.3, -0.25) is 5.32 Å². The van der Waals surface area contributed by atoms with Crippen LogP contribution in [-0.4, -0.2) is 55.6 Å². The van der Waals surface area contributed by atoms with Crippen LogP contribution in [0.5, 0.6) is 17.2 Å². The van der Waals surface area contributed by atoms with Crippen LogP contribution in [0.3, 0.4) is 0 Å². The van der Waals surface area contributed by atoms with Crippen molar-refractivity contribution >= 4 is 11.8 Å². The number of amides is 1. The molecular weight excluding hydrogens is 406 g/mol. The molecule has 1 amide bonds. The number of aliphatic hydroxyl groups excluding tert-OH is 2. The van der Waals surface area contributed by atoms with Gasteiger partial charge in [0, 0.05) is 37.0 Å². The molecule has 9 heteroatoms. The first-order chi connectivity index (χ1) is 15.2. The van der Waals surface area contributed by atoms with E-state index in [1.54, 1.807) is 42.5 Å². The van der Waals surface area contributed by atoms with Gasteiger partial charge in [0.2, 0.25) is 6.79 Å². The fourth-order valence-corrected chi connectivity index (χ4v) is 3.24. The van der Waals surface area contributed by atoms with Gasteiger partial charge in [0.25, 0.3) is 0 Å². The molecule has 31 heavy (non-hydrogen) atoms. The van der Waals surface area contributed by atoms with Crippen molar-refractivity contribution in [2.75, 3.05) is 38.5 Å². The molecule has 1 aliphatic rings. The molecule has 0 bridgehead atoms. The topological polar surface area (TPSA) is 116 Å². The lowest BCUT2D eigenvalue weighted by atomic mass is 10.0. The summed E-state index contributed by atoms with van der Waals surface area (Å²) in [6, 6.07) is 12.1. The molecule has 2 atom stereocenters. The molecule has 168 valence electrons. The van der Waals surface area contributed by atoms with E-state index in [9.17, 15) is 9.90 Å². The number of carbonyl (C=O) groups excluding carboxylic acids is 1. The molecule has 0 saturated carbocycles. The maximum atomic E-state index is 12.7. The van der Waals surface area contributed by atoms with Gasteiger partial charge in [0.1, 0.15) is 18.5 Å². The summed E-state index contributed by atoms with van der Waals surface area (Å²) in [7, 11) is 0. The van der Waals surface area contributed by atoms with Gasteiger partial charge < -0.3 is 33.9 Å². The number of aliphatic hydroxyl groups is 2. The Kier molecular flexibility index (Phi) is 8.34. The number of rotatable bonds is 11. The van der Waals surface area contributed by atoms with E-state index in [4.69, 9.17) is 28.8 Å². The molecule has 2 aromatic rings. The number of fused-ring (bicyclic) bond motifs is 1. The molecule has 0 unspecified atom stereocenters. The van der Waals surface area contributed by atoms with E-state index in [-0.39, 0.29) is 33.0 Å². The molecule has 9 nitrogen and oxygen atoms in total. The van der Waals surface area contributed by atoms with Crippen LogP contribution in [0.1, 0.15) is 25.0 Å². The number of nitrogens with one attached hydrogen (secondary N) is 1. The molecular formula is C22H27NO8. The summed E-state index contributed by atoms with van der Waals surface area (Å²) in [6.45, 7) is 2.11. The van der Waals surface area contributed by atoms with Crippen LogP contribution in [0.4, 0.5) is 10.5 Å². The highest BCUT2D eigenvalue weighted by molar-refractivity contribution is 5.85. The molecule has 0 saturated heterocycles. The van der Waals surface area contributed by atoms with Crippen molar-refractivity contribution in [2.24, 2.45) is 0 Å². The third kappa shape index (κ3) is 6.00. The van der Waals surface area contributed by atoms with Gasteiger partial charge in [-0.05, 0) is 25.1 Å². The molecule has 0 spiro atoms. The highest BCUT2D eigenvalue weighted by Gasteiger charge is 2.30. The minimum absolute atomic E-state index is 0.0897. The fraction of sp³-hybridized carbons (Fsp3) is 0.409. The van der Waals surface area contributed by atoms with E-state index in [2.05, 4.69) is 5.32 Å². The number of carbonyl (C=O) groups is 1. The number of ether oxygens (including phenoxy) is 5. The molecule has 0 aromatic heterocycles. The predicted molar refractivity (Wildman–Crippen MR) is 112 cm³/mol. The Labute approximate surface area is 180 Å². The number of para-hydroxylation sites is 1. The molecule has 2 aromatic carbocycles. The Bertz CT molecular complexity index is 853. The number of benzene rings is 2. The lowest BCUT2D eigenvalue weighted by Gasteiger charge is -2.28. The van der Waals surface area contributed by atoms with Gasteiger partial charge in [-0.2, -0.15) is 0 Å². The normalized spacial score (nSPS) is 14.0. The Morgan fingerprint density at radius 1 is 1.13 bits per heavy atom. The monoisotopic (exact) mass is 433 g/mol. The third-order valence-corrected chi connectivity index (χ3v) is 4.56. The van der Waals surface area contributed by atoms with Gasteiger partial charge in [-0.15, -0.1) is 0 Å². The first kappa shape index (κ1) is 22.7. The van der Waals surface area contributed by atoms with Crippen molar-refractivity contribution in [1.29, 1.82) is 0 Å². The van der Waals surface area contributed by atoms with Crippen molar-refractivity contribution in [3.8, 4) is 17.2 Å². The summed E-state index contributed by atoms with van der Waals surface area (Å²) in [6.07, 6.45) is -1.90. The molecule has 1 heterocycles. The van der Waals surface area contributed by atoms with Crippen molar-refractivity contribution in [1.82, 2.24) is 0 Å². The molecule has 1 aliphatic heterocycles. The number of hydrogen-bond donors (Lipinski definition) is 3. The Morgan fingerprint density at radius 3 is 2.71 bits per heavy atom. The van der Waals surface area contributed by atoms with Crippen LogP contribution in [0, 0.1) is 0 Å². The minimum Gasteiger partial charge on any atom is -0.491 e. The van der Waals surface area contributed by atoms with Crippen LogP contribution in [0.15, 0.2) is 42.5 Å². The van der Waals surface area contributed by atoms with E-state index in [0.717, 1.165) is 0 Å². The Hall–Kier alpha value is -3.01. The highest BCUT2D eigenvalue weighted by Crippen LogP contribution is 2.35. The summed E-state index contributed by atoms with van der Waals surface area (Å²) in [5.41, 5.74) is 1.05. The van der Waals surface area contributed by atoms with Gasteiger partial charge in [0.05, 0.1) is 6.61 Å². The van der Waals surface area contributed by atoms with Gasteiger partial charge in [-0.25, -0.2) is 4.79 Å². The largest absolute Gasteiger partial charge is 0.491 e. The maximum Gasteiger partial charge on any atom is 0.412 e. The Balaban J connectivity index is 1.81. The fourth-order valence-electron chi connectivity index (χ4n) is 3.24. The smallest absolute Gasteiger partial charge is 0.412 e. The van der Waals surface area contributed by atoms with Crippen LogP contribution >= 0.6 is 0 Å². The summed E-state index contributed by atoms with van der Waals surface area (Å²) in [5.74, 6) is 1.59. The zero-order valence-corrected chi connectivity index (χ0v) is 17.3. The lowest BCUT2D eigenvalue weighted by Crippen LogP contribution is -2.30. The van der Waals surface area contributed by atoms with E-state index in [0.29, 0.717) is 35.1 Å². The molecule has 0 aliphatic carbocycles. The van der Waals surface area contributed by atoms with Crippen LogP contribution < -0.4 is 19.5 Å². The van der Waals surface area contributed by atoms with E-state index in [1.807, 2.05) is 6.92 Å². The molecule has 3 N–H and O–H groups in total. The first-order valence-electron chi connectivity index (χ1n) is 10.1. The van der Waals surface area contributed by atoms with E-state index >= 15 is 0 Å². The Morgan fingerprint density at radius 2 is 1.94 bits per heavy atom. The van der Waals surface area contributed by atoms with Crippen molar-refractivity contribution < 1.29 is 38.7 Å². The SMILES string of the molecule is CCO[C@H](CCO)[C@H](OC(=O)Nc1ccc2c(c1)OCO2)c1ccccc1OCCO. The quantitative estimate of drug-likeness (QED) is 0.496. The number of hydrogen-bond acceptors (Lipinski definition) is 8. The third-order valence-electron chi connectivity index (χ3n) is 4.56. The standard InChI is InChI=1S/C22H27NO8/c1-2-27-19(9-10-24)21(16-5-3-4-6-17(16)28-12-11-25)31-22(26)23-15-7-8-18-20(13-15)30-14-29-18/h3-8,13,19,21,24-25H,2,9-12,14H2,1H3,(H,23,26)/t19-,21-/m1/s1. The second-order valence-electron chi connectivity index (χ2n) is 6.63. The maximum absolute atomic E-state index is 12.7. The average Bonchev–Trinajstić information content (AvgIpc) is 3.24. The number of anilines is 1. The van der Waals surface area contributed by atoms with Crippen LogP contribution in [0.2, 0.25) is 0 Å². The van der Waals surface area contributed by atoms with Crippen molar-refractivity contribution in [2.45, 2.75) is 25.6 Å². The molecule has 0 radical (unpaired) electrons. The van der Waals surface area contributed by atoms with E-state index < -0.39 is 18.3 Å². The summed E-state index contributed by atoms with van der Waals surface area (Å²) in [4.78, 5) is 12.7. The van der Waals surface area contributed by atoms with Crippen LogP contribution in [0.25, 0.3) is 0 Å². The molecule has 0 fully saturated rings. The van der Waals surface area contributed by atoms with Gasteiger partial charge in [-0.1, -0.05) is 18.2 Å². The first-order valence-corrected chi connectivity index (χ1v) is 10.1. The highest BCUT2D eigenvalue weighted by atomic mass is 16.7. The van der Waals surface area contributed by atoms with E-state index in [1.165, 1.54) is 0 Å². The van der Waals surface area contributed by atoms with Crippen molar-refractivity contribution in [3.05, 3.63) is 48.0 Å². The van der Waals surface area contributed by atoms with Gasteiger partial charge in [0.15, 0.2) is 17.6 Å². The summed E-state index contributed by atoms with van der Waals surface area (Å²) < 4.78 is 27.7. The van der Waals surface area contributed by atoms with Gasteiger partial charge >= 0.3 is 6.09 Å². The minimum atomic E-state index is -0.851. The lowest BCUT2D eigenvalue weighted by molar-refractivity contribution is -0.0493.